The van der Waals surface area contributed by atoms with E-state index in [-0.39, 0.29) is 5.91 Å². The molecular weight excluding hydrogens is 264 g/mol. The normalized spacial score (nSPS) is 10.4. The summed E-state index contributed by atoms with van der Waals surface area (Å²) < 4.78 is 5.64. The summed E-state index contributed by atoms with van der Waals surface area (Å²) in [5.74, 6) is 2.04. The van der Waals surface area contributed by atoms with E-state index in [1.54, 1.807) is 19.0 Å². The lowest BCUT2D eigenvalue weighted by Gasteiger charge is -2.10. The van der Waals surface area contributed by atoms with E-state index in [9.17, 15) is 4.79 Å². The highest BCUT2D eigenvalue weighted by molar-refractivity contribution is 5.78. The van der Waals surface area contributed by atoms with E-state index in [0.717, 1.165) is 29.2 Å². The first-order valence-electron chi connectivity index (χ1n) is 7.19. The largest absolute Gasteiger partial charge is 0.464 e. The van der Waals surface area contributed by atoms with Crippen molar-refractivity contribution in [3.05, 3.63) is 53.5 Å². The Hall–Kier alpha value is -2.23. The van der Waals surface area contributed by atoms with Crippen LogP contribution in [0, 0.1) is 0 Å². The molecule has 1 aromatic carbocycles. The lowest BCUT2D eigenvalue weighted by molar-refractivity contribution is -0.127. The standard InChI is InChI=1S/C17H22N2O2/c1-4-15-9-10-16(21-15)12-18-14-7-5-13(6-8-14)11-17(20)19(2)3/h5-10,18H,4,11-12H2,1-3H3. The molecule has 2 aromatic rings. The molecule has 112 valence electrons. The number of nitrogens with one attached hydrogen (secondary N) is 1. The minimum atomic E-state index is 0.110. The first-order valence-corrected chi connectivity index (χ1v) is 7.19. The summed E-state index contributed by atoms with van der Waals surface area (Å²) >= 11 is 0. The van der Waals surface area contributed by atoms with Gasteiger partial charge in [0.15, 0.2) is 0 Å². The molecule has 0 atom stereocenters. The molecule has 1 aromatic heterocycles. The van der Waals surface area contributed by atoms with E-state index in [2.05, 4.69) is 12.2 Å². The molecule has 0 aliphatic rings. The van der Waals surface area contributed by atoms with Gasteiger partial charge < -0.3 is 14.6 Å². The summed E-state index contributed by atoms with van der Waals surface area (Å²) in [5.41, 5.74) is 2.04. The van der Waals surface area contributed by atoms with Crippen molar-refractivity contribution in [1.29, 1.82) is 0 Å². The Bertz CT molecular complexity index is 585. The number of amides is 1. The first kappa shape index (κ1) is 15.2. The average Bonchev–Trinajstić information content (AvgIpc) is 2.94. The predicted octanol–water partition coefficient (Wildman–Crippen LogP) is 3.08. The van der Waals surface area contributed by atoms with Gasteiger partial charge in [0.05, 0.1) is 13.0 Å². The lowest BCUT2D eigenvalue weighted by atomic mass is 10.1. The minimum absolute atomic E-state index is 0.110. The first-order chi connectivity index (χ1) is 10.1. The molecule has 0 unspecified atom stereocenters. The van der Waals surface area contributed by atoms with Gasteiger partial charge in [-0.15, -0.1) is 0 Å². The SMILES string of the molecule is CCc1ccc(CNc2ccc(CC(=O)N(C)C)cc2)o1. The van der Waals surface area contributed by atoms with Crippen molar-refractivity contribution in [2.75, 3.05) is 19.4 Å². The average molecular weight is 286 g/mol. The van der Waals surface area contributed by atoms with Crippen molar-refractivity contribution >= 4 is 11.6 Å². The van der Waals surface area contributed by atoms with Crippen molar-refractivity contribution in [2.45, 2.75) is 26.3 Å². The number of carbonyl (C=O) groups excluding carboxylic acids is 1. The van der Waals surface area contributed by atoms with Crippen molar-refractivity contribution in [1.82, 2.24) is 4.90 Å². The molecular formula is C17H22N2O2. The predicted molar refractivity (Wildman–Crippen MR) is 84.3 cm³/mol. The zero-order valence-electron chi connectivity index (χ0n) is 12.8. The van der Waals surface area contributed by atoms with Crippen LogP contribution in [0.15, 0.2) is 40.8 Å². The van der Waals surface area contributed by atoms with E-state index in [0.29, 0.717) is 13.0 Å². The summed E-state index contributed by atoms with van der Waals surface area (Å²) in [5, 5.41) is 3.31. The van der Waals surface area contributed by atoms with Gasteiger partial charge in [-0.3, -0.25) is 4.79 Å². The summed E-state index contributed by atoms with van der Waals surface area (Å²) in [4.78, 5) is 13.2. The molecule has 0 aliphatic heterocycles. The molecule has 0 aliphatic carbocycles. The van der Waals surface area contributed by atoms with E-state index in [1.165, 1.54) is 0 Å². The number of anilines is 1. The zero-order chi connectivity index (χ0) is 15.2. The van der Waals surface area contributed by atoms with Crippen molar-refractivity contribution in [2.24, 2.45) is 0 Å². The maximum atomic E-state index is 11.6. The van der Waals surface area contributed by atoms with Crippen LogP contribution in [0.2, 0.25) is 0 Å². The maximum absolute atomic E-state index is 11.6. The van der Waals surface area contributed by atoms with Gasteiger partial charge in [-0.1, -0.05) is 19.1 Å². The molecule has 4 heteroatoms. The van der Waals surface area contributed by atoms with Crippen LogP contribution >= 0.6 is 0 Å². The van der Waals surface area contributed by atoms with E-state index >= 15 is 0 Å². The van der Waals surface area contributed by atoms with Crippen molar-refractivity contribution < 1.29 is 9.21 Å². The molecule has 4 nitrogen and oxygen atoms in total. The molecule has 0 radical (unpaired) electrons. The van der Waals surface area contributed by atoms with Crippen LogP contribution in [0.1, 0.15) is 24.0 Å². The molecule has 0 saturated carbocycles. The third-order valence-corrected chi connectivity index (χ3v) is 3.34. The fourth-order valence-electron chi connectivity index (χ4n) is 1.97. The van der Waals surface area contributed by atoms with Gasteiger partial charge in [-0.05, 0) is 29.8 Å². The number of benzene rings is 1. The van der Waals surface area contributed by atoms with Crippen LogP contribution in [-0.4, -0.2) is 24.9 Å². The summed E-state index contributed by atoms with van der Waals surface area (Å²) in [6.07, 6.45) is 1.35. The second-order valence-electron chi connectivity index (χ2n) is 5.24. The quantitative estimate of drug-likeness (QED) is 0.887. The number of nitrogens with zero attached hydrogens (tertiary/aromatic N) is 1. The minimum Gasteiger partial charge on any atom is -0.464 e. The zero-order valence-corrected chi connectivity index (χ0v) is 12.8. The fraction of sp³-hybridized carbons (Fsp3) is 0.353. The molecule has 0 fully saturated rings. The molecule has 0 bridgehead atoms. The van der Waals surface area contributed by atoms with Gasteiger partial charge >= 0.3 is 0 Å². The number of furan rings is 1. The Morgan fingerprint density at radius 1 is 1.10 bits per heavy atom. The summed E-state index contributed by atoms with van der Waals surface area (Å²) in [6.45, 7) is 2.74. The van der Waals surface area contributed by atoms with Crippen molar-refractivity contribution in [3.63, 3.8) is 0 Å². The van der Waals surface area contributed by atoms with E-state index < -0.39 is 0 Å². The Balaban J connectivity index is 1.88. The van der Waals surface area contributed by atoms with Gasteiger partial charge in [-0.2, -0.15) is 0 Å². The Kier molecular flexibility index (Phi) is 5.04. The van der Waals surface area contributed by atoms with E-state index in [1.807, 2.05) is 36.4 Å². The molecule has 21 heavy (non-hydrogen) atoms. The topological polar surface area (TPSA) is 45.5 Å². The molecule has 0 spiro atoms. The molecule has 1 heterocycles. The highest BCUT2D eigenvalue weighted by Gasteiger charge is 2.05. The van der Waals surface area contributed by atoms with Gasteiger partial charge in [0.2, 0.25) is 5.91 Å². The highest BCUT2D eigenvalue weighted by Crippen LogP contribution is 2.14. The highest BCUT2D eigenvalue weighted by atomic mass is 16.3. The van der Waals surface area contributed by atoms with Gasteiger partial charge in [0.1, 0.15) is 11.5 Å². The number of carbonyl (C=O) groups is 1. The van der Waals surface area contributed by atoms with Crippen LogP contribution < -0.4 is 5.32 Å². The van der Waals surface area contributed by atoms with Crippen LogP contribution in [-0.2, 0) is 24.2 Å². The Morgan fingerprint density at radius 3 is 2.33 bits per heavy atom. The van der Waals surface area contributed by atoms with Gasteiger partial charge in [-0.25, -0.2) is 0 Å². The Morgan fingerprint density at radius 2 is 1.76 bits per heavy atom. The third-order valence-electron chi connectivity index (χ3n) is 3.34. The molecule has 1 amide bonds. The fourth-order valence-corrected chi connectivity index (χ4v) is 1.97. The molecule has 0 saturated heterocycles. The van der Waals surface area contributed by atoms with E-state index in [4.69, 9.17) is 4.42 Å². The van der Waals surface area contributed by atoms with Gasteiger partial charge in [0.25, 0.3) is 0 Å². The number of likely N-dealkylation sites (N-methyl/N-ethyl adjacent to an activating group) is 1. The summed E-state index contributed by atoms with van der Waals surface area (Å²) in [7, 11) is 3.54. The molecule has 1 N–H and O–H groups in total. The second-order valence-corrected chi connectivity index (χ2v) is 5.24. The second kappa shape index (κ2) is 6.97. The number of rotatable bonds is 6. The third kappa shape index (κ3) is 4.38. The maximum Gasteiger partial charge on any atom is 0.226 e. The number of aryl methyl sites for hydroxylation is 1. The number of hydrogen-bond acceptors (Lipinski definition) is 3. The molecule has 2 rings (SSSR count). The van der Waals surface area contributed by atoms with Crippen LogP contribution in [0.4, 0.5) is 5.69 Å². The monoisotopic (exact) mass is 286 g/mol. The van der Waals surface area contributed by atoms with Crippen LogP contribution in [0.25, 0.3) is 0 Å². The Labute approximate surface area is 125 Å². The van der Waals surface area contributed by atoms with Crippen molar-refractivity contribution in [3.8, 4) is 0 Å². The lowest BCUT2D eigenvalue weighted by Crippen LogP contribution is -2.23. The summed E-state index contributed by atoms with van der Waals surface area (Å²) in [6, 6.07) is 11.9. The van der Waals surface area contributed by atoms with Gasteiger partial charge in [0, 0.05) is 26.2 Å². The number of hydrogen-bond donors (Lipinski definition) is 1. The smallest absolute Gasteiger partial charge is 0.226 e. The van der Waals surface area contributed by atoms with Crippen LogP contribution in [0.3, 0.4) is 0 Å². The van der Waals surface area contributed by atoms with Crippen LogP contribution in [0.5, 0.6) is 0 Å².